The Balaban J connectivity index is 2.23. The summed E-state index contributed by atoms with van der Waals surface area (Å²) in [5, 5.41) is 8.94. The second kappa shape index (κ2) is 7.36. The van der Waals surface area contributed by atoms with Gasteiger partial charge in [0.15, 0.2) is 0 Å². The number of carbonyl (C=O) groups excluding carboxylic acids is 1. The molecule has 1 N–H and O–H groups in total. The van der Waals surface area contributed by atoms with Crippen molar-refractivity contribution in [1.29, 1.82) is 0 Å². The lowest BCUT2D eigenvalue weighted by molar-refractivity contribution is -0.147. The molecular weight excluding hydrogens is 234 g/mol. The normalized spacial score (nSPS) is 20.5. The number of piperidine rings is 1. The van der Waals surface area contributed by atoms with Gasteiger partial charge in [-0.1, -0.05) is 13.8 Å². The molecule has 1 unspecified atom stereocenters. The van der Waals surface area contributed by atoms with Gasteiger partial charge in [0.25, 0.3) is 0 Å². The van der Waals surface area contributed by atoms with Crippen LogP contribution in [-0.2, 0) is 14.3 Å². The number of ether oxygens (including phenoxy) is 1. The molecule has 0 saturated carbocycles. The Hall–Kier alpha value is -1.10. The molecule has 18 heavy (non-hydrogen) atoms. The van der Waals surface area contributed by atoms with Gasteiger partial charge in [0.2, 0.25) is 5.91 Å². The minimum absolute atomic E-state index is 0.0416. The highest BCUT2D eigenvalue weighted by Crippen LogP contribution is 2.17. The quantitative estimate of drug-likeness (QED) is 0.700. The first-order valence-electron chi connectivity index (χ1n) is 6.59. The molecule has 5 nitrogen and oxygen atoms in total. The molecule has 104 valence electrons. The van der Waals surface area contributed by atoms with Crippen molar-refractivity contribution in [3.63, 3.8) is 0 Å². The molecule has 1 amide bonds. The van der Waals surface area contributed by atoms with Crippen molar-refractivity contribution in [3.05, 3.63) is 0 Å². The number of rotatable bonds is 7. The van der Waals surface area contributed by atoms with Crippen molar-refractivity contribution < 1.29 is 19.4 Å². The maximum Gasteiger partial charge on any atom is 0.308 e. The highest BCUT2D eigenvalue weighted by Gasteiger charge is 2.29. The van der Waals surface area contributed by atoms with E-state index in [9.17, 15) is 9.59 Å². The summed E-state index contributed by atoms with van der Waals surface area (Å²) in [6.07, 6.45) is 1.80. The van der Waals surface area contributed by atoms with Gasteiger partial charge in [-0.05, 0) is 18.8 Å². The van der Waals surface area contributed by atoms with Crippen molar-refractivity contribution in [2.24, 2.45) is 11.8 Å². The van der Waals surface area contributed by atoms with Gasteiger partial charge in [0, 0.05) is 26.1 Å². The fraction of sp³-hybridized carbons (Fsp3) is 0.846. The molecule has 0 aliphatic carbocycles. The van der Waals surface area contributed by atoms with Crippen LogP contribution in [-0.4, -0.2) is 48.2 Å². The molecule has 5 heteroatoms. The lowest BCUT2D eigenvalue weighted by atomic mass is 9.98. The summed E-state index contributed by atoms with van der Waals surface area (Å²) in [6, 6.07) is 0. The summed E-state index contributed by atoms with van der Waals surface area (Å²) in [4.78, 5) is 24.1. The summed E-state index contributed by atoms with van der Waals surface area (Å²) < 4.78 is 5.45. The summed E-state index contributed by atoms with van der Waals surface area (Å²) >= 11 is 0. The van der Waals surface area contributed by atoms with E-state index in [1.807, 2.05) is 0 Å². The number of likely N-dealkylation sites (tertiary alicyclic amines) is 1. The van der Waals surface area contributed by atoms with Crippen LogP contribution < -0.4 is 0 Å². The molecule has 0 bridgehead atoms. The number of carboxylic acids is 1. The molecular formula is C13H23NO4. The molecule has 1 atom stereocenters. The lowest BCUT2D eigenvalue weighted by Crippen LogP contribution is -2.44. The molecule has 0 radical (unpaired) electrons. The fourth-order valence-corrected chi connectivity index (χ4v) is 1.93. The highest BCUT2D eigenvalue weighted by molar-refractivity contribution is 5.80. The number of amides is 1. The Labute approximate surface area is 108 Å². The lowest BCUT2D eigenvalue weighted by Gasteiger charge is -2.30. The summed E-state index contributed by atoms with van der Waals surface area (Å²) in [6.45, 7) is 6.28. The summed E-state index contributed by atoms with van der Waals surface area (Å²) in [5.74, 6) is -0.579. The molecule has 0 spiro atoms. The molecule has 1 heterocycles. The molecule has 1 saturated heterocycles. The average molecular weight is 257 g/mol. The molecule has 0 aromatic heterocycles. The topological polar surface area (TPSA) is 66.8 Å². The zero-order chi connectivity index (χ0) is 13.5. The Morgan fingerprint density at radius 3 is 2.83 bits per heavy atom. The van der Waals surface area contributed by atoms with Crippen LogP contribution in [0.25, 0.3) is 0 Å². The second-order valence-electron chi connectivity index (χ2n) is 5.21. The van der Waals surface area contributed by atoms with E-state index < -0.39 is 11.9 Å². The second-order valence-corrected chi connectivity index (χ2v) is 5.21. The third kappa shape index (κ3) is 5.04. The van der Waals surface area contributed by atoms with Crippen molar-refractivity contribution in [3.8, 4) is 0 Å². The van der Waals surface area contributed by atoms with Gasteiger partial charge >= 0.3 is 5.97 Å². The summed E-state index contributed by atoms with van der Waals surface area (Å²) in [7, 11) is 0. The van der Waals surface area contributed by atoms with E-state index in [-0.39, 0.29) is 5.91 Å². The predicted molar refractivity (Wildman–Crippen MR) is 67.2 cm³/mol. The van der Waals surface area contributed by atoms with Crippen LogP contribution in [0.15, 0.2) is 0 Å². The fourth-order valence-electron chi connectivity index (χ4n) is 1.93. The molecule has 1 aliphatic rings. The van der Waals surface area contributed by atoms with Gasteiger partial charge < -0.3 is 14.7 Å². The minimum Gasteiger partial charge on any atom is -0.481 e. The monoisotopic (exact) mass is 257 g/mol. The molecule has 1 aliphatic heterocycles. The number of aliphatic carboxylic acids is 1. The SMILES string of the molecule is CC(C)CCOCCN1CC(C(=O)O)CCC1=O. The van der Waals surface area contributed by atoms with Gasteiger partial charge in [-0.15, -0.1) is 0 Å². The first-order chi connectivity index (χ1) is 8.50. The molecule has 0 aromatic rings. The minimum atomic E-state index is -0.812. The van der Waals surface area contributed by atoms with Crippen LogP contribution in [0.4, 0.5) is 0 Å². The first kappa shape index (κ1) is 15.0. The van der Waals surface area contributed by atoms with Gasteiger partial charge in [-0.25, -0.2) is 0 Å². The van der Waals surface area contributed by atoms with E-state index >= 15 is 0 Å². The zero-order valence-electron chi connectivity index (χ0n) is 11.2. The Morgan fingerprint density at radius 1 is 1.50 bits per heavy atom. The number of hydrogen-bond donors (Lipinski definition) is 1. The maximum atomic E-state index is 11.6. The van der Waals surface area contributed by atoms with Crippen LogP contribution in [0.2, 0.25) is 0 Å². The molecule has 1 rings (SSSR count). The van der Waals surface area contributed by atoms with Gasteiger partial charge in [0.1, 0.15) is 0 Å². The average Bonchev–Trinajstić information content (AvgIpc) is 2.30. The predicted octanol–water partition coefficient (Wildman–Crippen LogP) is 1.37. The van der Waals surface area contributed by atoms with E-state index in [1.165, 1.54) is 0 Å². The van der Waals surface area contributed by atoms with E-state index in [4.69, 9.17) is 9.84 Å². The van der Waals surface area contributed by atoms with Crippen molar-refractivity contribution in [2.75, 3.05) is 26.3 Å². The third-order valence-electron chi connectivity index (χ3n) is 3.19. The van der Waals surface area contributed by atoms with Crippen LogP contribution >= 0.6 is 0 Å². The Bertz CT molecular complexity index is 291. The van der Waals surface area contributed by atoms with Crippen molar-refractivity contribution in [2.45, 2.75) is 33.1 Å². The van der Waals surface area contributed by atoms with Crippen LogP contribution in [0, 0.1) is 11.8 Å². The largest absolute Gasteiger partial charge is 0.481 e. The maximum absolute atomic E-state index is 11.6. The Morgan fingerprint density at radius 2 is 2.22 bits per heavy atom. The number of carbonyl (C=O) groups is 2. The molecule has 1 fully saturated rings. The number of hydrogen-bond acceptors (Lipinski definition) is 3. The Kier molecular flexibility index (Phi) is 6.12. The van der Waals surface area contributed by atoms with Crippen LogP contribution in [0.5, 0.6) is 0 Å². The van der Waals surface area contributed by atoms with Gasteiger partial charge in [-0.3, -0.25) is 9.59 Å². The van der Waals surface area contributed by atoms with Gasteiger partial charge in [0.05, 0.1) is 12.5 Å². The zero-order valence-corrected chi connectivity index (χ0v) is 11.2. The van der Waals surface area contributed by atoms with Crippen LogP contribution in [0.1, 0.15) is 33.1 Å². The standard InChI is InChI=1S/C13H23NO4/c1-10(2)5-7-18-8-6-14-9-11(13(16)17)3-4-12(14)15/h10-11H,3-9H2,1-2H3,(H,16,17). The van der Waals surface area contributed by atoms with E-state index in [1.54, 1.807) is 4.90 Å². The third-order valence-corrected chi connectivity index (χ3v) is 3.19. The number of nitrogens with zero attached hydrogens (tertiary/aromatic N) is 1. The van der Waals surface area contributed by atoms with Crippen molar-refractivity contribution in [1.82, 2.24) is 4.90 Å². The summed E-state index contributed by atoms with van der Waals surface area (Å²) in [5.41, 5.74) is 0. The van der Waals surface area contributed by atoms with Crippen molar-refractivity contribution >= 4 is 11.9 Å². The van der Waals surface area contributed by atoms with Gasteiger partial charge in [-0.2, -0.15) is 0 Å². The van der Waals surface area contributed by atoms with E-state index in [2.05, 4.69) is 13.8 Å². The first-order valence-corrected chi connectivity index (χ1v) is 6.59. The van der Waals surface area contributed by atoms with E-state index in [0.29, 0.717) is 45.1 Å². The number of carboxylic acid groups (broad SMARTS) is 1. The molecule has 0 aromatic carbocycles. The smallest absolute Gasteiger partial charge is 0.308 e. The highest BCUT2D eigenvalue weighted by atomic mass is 16.5. The van der Waals surface area contributed by atoms with Crippen LogP contribution in [0.3, 0.4) is 0 Å². The van der Waals surface area contributed by atoms with E-state index in [0.717, 1.165) is 6.42 Å².